The number of rotatable bonds is 3. The van der Waals surface area contributed by atoms with Crippen LogP contribution >= 0.6 is 22.6 Å². The van der Waals surface area contributed by atoms with Crippen LogP contribution in [0.3, 0.4) is 0 Å². The third-order valence-electron chi connectivity index (χ3n) is 3.49. The first kappa shape index (κ1) is 17.2. The fourth-order valence-corrected chi connectivity index (χ4v) is 2.64. The largest absolute Gasteiger partial charge is 0.871 e. The zero-order valence-electron chi connectivity index (χ0n) is 12.5. The molecule has 8 nitrogen and oxygen atoms in total. The van der Waals surface area contributed by atoms with Gasteiger partial charge in [-0.25, -0.2) is 5.01 Å². The number of halogens is 1. The Morgan fingerprint density at radius 3 is 2.44 bits per heavy atom. The van der Waals surface area contributed by atoms with Gasteiger partial charge in [-0.3, -0.25) is 25.4 Å². The Kier molecular flexibility index (Phi) is 4.61. The second kappa shape index (κ2) is 6.70. The number of amides is 2. The predicted molar refractivity (Wildman–Crippen MR) is 94.7 cm³/mol. The molecule has 1 aliphatic rings. The number of hydrogen-bond donors (Lipinski definition) is 3. The average molecular weight is 452 g/mol. The van der Waals surface area contributed by atoms with Gasteiger partial charge >= 0.3 is 0 Å². The lowest BCUT2D eigenvalue weighted by molar-refractivity contribution is -0.268. The Hall–Kier alpha value is -2.63. The van der Waals surface area contributed by atoms with Gasteiger partial charge in [0.25, 0.3) is 11.8 Å². The summed E-state index contributed by atoms with van der Waals surface area (Å²) in [4.78, 5) is 24.6. The molecule has 2 aromatic carbocycles. The highest BCUT2D eigenvalue weighted by Crippen LogP contribution is 2.27. The molecule has 0 atom stereocenters. The van der Waals surface area contributed by atoms with Crippen molar-refractivity contribution in [1.82, 2.24) is 5.43 Å². The number of carbonyl (C=O) groups excluding carboxylic acids is 2. The molecule has 0 bridgehead atoms. The molecule has 2 aromatic rings. The highest BCUT2D eigenvalue weighted by Gasteiger charge is 2.34. The first-order valence-corrected chi connectivity index (χ1v) is 8.06. The van der Waals surface area contributed by atoms with Crippen molar-refractivity contribution in [3.63, 3.8) is 0 Å². The minimum absolute atomic E-state index is 0.134. The monoisotopic (exact) mass is 452 g/mol. The first-order valence-electron chi connectivity index (χ1n) is 6.98. The Balaban J connectivity index is 1.94. The Labute approximate surface area is 155 Å². The molecule has 0 spiro atoms. The molecule has 0 radical (unpaired) electrons. The summed E-state index contributed by atoms with van der Waals surface area (Å²) in [7, 11) is 0. The zero-order chi connectivity index (χ0) is 18.1. The highest BCUT2D eigenvalue weighted by molar-refractivity contribution is 14.1. The highest BCUT2D eigenvalue weighted by atomic mass is 127. The molecular weight excluding hydrogens is 441 g/mol. The molecule has 25 heavy (non-hydrogen) atoms. The molecule has 1 fully saturated rings. The number of hydrazine groups is 1. The van der Waals surface area contributed by atoms with E-state index in [2.05, 4.69) is 28.0 Å². The van der Waals surface area contributed by atoms with Gasteiger partial charge in [-0.05, 0) is 64.6 Å². The molecule has 1 heterocycles. The Bertz CT molecular complexity index is 880. The van der Waals surface area contributed by atoms with E-state index in [-0.39, 0.29) is 10.8 Å². The molecular formula is C16H11IN3O5-. The Morgan fingerprint density at radius 2 is 1.80 bits per heavy atom. The van der Waals surface area contributed by atoms with Crippen molar-refractivity contribution in [2.45, 2.75) is 0 Å². The van der Waals surface area contributed by atoms with Crippen LogP contribution in [0.25, 0.3) is 6.08 Å². The molecule has 2 amide bonds. The summed E-state index contributed by atoms with van der Waals surface area (Å²) in [5, 5.41) is 30.4. The van der Waals surface area contributed by atoms with Gasteiger partial charge in [-0.1, -0.05) is 17.9 Å². The van der Waals surface area contributed by atoms with Crippen molar-refractivity contribution in [2.75, 3.05) is 10.2 Å². The number of nitrogens with one attached hydrogen (secondary N) is 1. The van der Waals surface area contributed by atoms with Crippen molar-refractivity contribution >= 4 is 51.9 Å². The summed E-state index contributed by atoms with van der Waals surface area (Å²) >= 11 is 2.13. The third kappa shape index (κ3) is 3.43. The molecule has 9 heteroatoms. The maximum Gasteiger partial charge on any atom is 0.282 e. The summed E-state index contributed by atoms with van der Waals surface area (Å²) in [5.74, 6) is -1.76. The van der Waals surface area contributed by atoms with E-state index >= 15 is 0 Å². The topological polar surface area (TPSA) is 116 Å². The average Bonchev–Trinajstić information content (AvgIpc) is 2.85. The second-order valence-corrected chi connectivity index (χ2v) is 6.38. The molecule has 0 unspecified atom stereocenters. The lowest BCUT2D eigenvalue weighted by Crippen LogP contribution is -2.35. The van der Waals surface area contributed by atoms with Crippen LogP contribution in [-0.4, -0.2) is 22.2 Å². The predicted octanol–water partition coefficient (Wildman–Crippen LogP) is 1.41. The van der Waals surface area contributed by atoms with Gasteiger partial charge in [0, 0.05) is 3.57 Å². The maximum absolute atomic E-state index is 12.5. The van der Waals surface area contributed by atoms with E-state index in [0.29, 0.717) is 11.3 Å². The van der Waals surface area contributed by atoms with E-state index < -0.39 is 23.3 Å². The van der Waals surface area contributed by atoms with E-state index in [1.54, 1.807) is 24.3 Å². The van der Waals surface area contributed by atoms with Crippen LogP contribution in [0.5, 0.6) is 5.75 Å². The van der Waals surface area contributed by atoms with Crippen molar-refractivity contribution in [3.8, 4) is 5.75 Å². The Morgan fingerprint density at radius 1 is 1.12 bits per heavy atom. The van der Waals surface area contributed by atoms with E-state index in [4.69, 9.17) is 10.4 Å². The minimum atomic E-state index is -0.616. The number of carbonyl (C=O) groups is 2. The molecule has 1 aliphatic heterocycles. The van der Waals surface area contributed by atoms with Gasteiger partial charge in [-0.2, -0.15) is 0 Å². The van der Waals surface area contributed by atoms with Crippen LogP contribution < -0.4 is 20.8 Å². The van der Waals surface area contributed by atoms with Gasteiger partial charge in [-0.15, -0.1) is 5.23 Å². The van der Waals surface area contributed by atoms with Crippen molar-refractivity contribution in [1.29, 1.82) is 0 Å². The van der Waals surface area contributed by atoms with Gasteiger partial charge in [0.1, 0.15) is 5.57 Å². The molecule has 128 valence electrons. The normalized spacial score (nSPS) is 15.6. The van der Waals surface area contributed by atoms with Crippen molar-refractivity contribution < 1.29 is 25.1 Å². The van der Waals surface area contributed by atoms with Crippen molar-refractivity contribution in [3.05, 3.63) is 57.2 Å². The smallest absolute Gasteiger partial charge is 0.282 e. The van der Waals surface area contributed by atoms with Crippen LogP contribution in [-0.2, 0) is 9.59 Å². The summed E-state index contributed by atoms with van der Waals surface area (Å²) < 4.78 is 0.984. The van der Waals surface area contributed by atoms with E-state index in [1.165, 1.54) is 12.1 Å². The molecule has 0 saturated carbocycles. The van der Waals surface area contributed by atoms with Crippen LogP contribution in [0.2, 0.25) is 0 Å². The van der Waals surface area contributed by atoms with E-state index in [1.807, 2.05) is 0 Å². The van der Waals surface area contributed by atoms with E-state index in [0.717, 1.165) is 20.7 Å². The number of hydrogen-bond acceptors (Lipinski definition) is 6. The standard InChI is InChI=1S/C16H12IN3O5/c17-10-2-4-11(5-3-10)19-16(23)12(15(22)18-19)7-9-1-6-14(21)13(8-9)20(24)25/h1-8,21,24-25H,(H,18,22)/p-1/b12-7-. The number of anilines is 2. The van der Waals surface area contributed by atoms with Crippen LogP contribution in [0, 0.1) is 3.57 Å². The summed E-state index contributed by atoms with van der Waals surface area (Å²) in [6, 6.07) is 10.6. The van der Waals surface area contributed by atoms with Gasteiger partial charge in [0.2, 0.25) is 0 Å². The minimum Gasteiger partial charge on any atom is -0.871 e. The van der Waals surface area contributed by atoms with Gasteiger partial charge < -0.3 is 5.11 Å². The first-order chi connectivity index (χ1) is 11.9. The zero-order valence-corrected chi connectivity index (χ0v) is 14.7. The lowest BCUT2D eigenvalue weighted by atomic mass is 10.1. The molecule has 3 rings (SSSR count). The van der Waals surface area contributed by atoms with Crippen LogP contribution in [0.4, 0.5) is 11.4 Å². The summed E-state index contributed by atoms with van der Waals surface area (Å²) in [6.07, 6.45) is 1.27. The third-order valence-corrected chi connectivity index (χ3v) is 4.20. The lowest BCUT2D eigenvalue weighted by Gasteiger charge is -2.17. The van der Waals surface area contributed by atoms with E-state index in [9.17, 15) is 14.7 Å². The second-order valence-electron chi connectivity index (χ2n) is 5.13. The van der Waals surface area contributed by atoms with Gasteiger partial charge in [0.05, 0.1) is 11.4 Å². The fourth-order valence-electron chi connectivity index (χ4n) is 2.28. The fraction of sp³-hybridized carbons (Fsp3) is 0. The number of benzene rings is 2. The van der Waals surface area contributed by atoms with Crippen LogP contribution in [0.15, 0.2) is 48.0 Å². The summed E-state index contributed by atoms with van der Waals surface area (Å²) in [6.45, 7) is 0. The van der Waals surface area contributed by atoms with Crippen LogP contribution in [0.1, 0.15) is 5.56 Å². The SMILES string of the molecule is O=C1NN(c2ccc(I)cc2)C(=O)/C1=C\c1ccc([O-])c(N(O)O)c1. The molecule has 0 aromatic heterocycles. The van der Waals surface area contributed by atoms with Crippen molar-refractivity contribution in [2.24, 2.45) is 0 Å². The maximum atomic E-state index is 12.5. The number of nitrogens with zero attached hydrogens (tertiary/aromatic N) is 2. The molecule has 0 aliphatic carbocycles. The summed E-state index contributed by atoms with van der Waals surface area (Å²) in [5.41, 5.74) is 2.74. The molecule has 3 N–H and O–H groups in total. The molecule has 1 saturated heterocycles. The quantitative estimate of drug-likeness (QED) is 0.281. The van der Waals surface area contributed by atoms with Gasteiger partial charge in [0.15, 0.2) is 0 Å².